The van der Waals surface area contributed by atoms with E-state index in [0.29, 0.717) is 5.95 Å². The minimum Gasteiger partial charge on any atom is -0.315 e. The van der Waals surface area contributed by atoms with Crippen molar-refractivity contribution in [2.24, 2.45) is 0 Å². The van der Waals surface area contributed by atoms with E-state index in [9.17, 15) is 18.0 Å². The van der Waals surface area contributed by atoms with Crippen LogP contribution in [0.15, 0.2) is 42.5 Å². The predicted octanol–water partition coefficient (Wildman–Crippen LogP) is 4.93. The first-order valence-electron chi connectivity index (χ1n) is 10.0. The van der Waals surface area contributed by atoms with E-state index in [1.165, 1.54) is 12.1 Å². The highest BCUT2D eigenvalue weighted by Crippen LogP contribution is 2.32. The van der Waals surface area contributed by atoms with Gasteiger partial charge in [-0.1, -0.05) is 24.6 Å². The van der Waals surface area contributed by atoms with E-state index in [0.717, 1.165) is 61.1 Å². The van der Waals surface area contributed by atoms with Crippen LogP contribution >= 0.6 is 0 Å². The lowest BCUT2D eigenvalue weighted by molar-refractivity contribution is -0.137. The number of carbonyl (C=O) groups is 1. The molecule has 1 amide bonds. The van der Waals surface area contributed by atoms with Crippen LogP contribution in [-0.4, -0.2) is 28.5 Å². The van der Waals surface area contributed by atoms with Gasteiger partial charge in [-0.3, -0.25) is 10.1 Å². The summed E-state index contributed by atoms with van der Waals surface area (Å²) in [5.74, 6) is -0.257. The summed E-state index contributed by atoms with van der Waals surface area (Å²) in [6.45, 7) is 3.67. The number of fused-ring (bicyclic) bond motifs is 1. The van der Waals surface area contributed by atoms with Crippen LogP contribution in [0, 0.1) is 6.92 Å². The Morgan fingerprint density at radius 3 is 2.80 bits per heavy atom. The second-order valence-corrected chi connectivity index (χ2v) is 7.63. The van der Waals surface area contributed by atoms with E-state index >= 15 is 0 Å². The molecule has 1 atom stereocenters. The van der Waals surface area contributed by atoms with Gasteiger partial charge in [0.25, 0.3) is 5.91 Å². The largest absolute Gasteiger partial charge is 0.416 e. The number of hydrogen-bond acceptors (Lipinski definition) is 3. The van der Waals surface area contributed by atoms with Gasteiger partial charge in [-0.25, -0.2) is 4.98 Å². The zero-order valence-corrected chi connectivity index (χ0v) is 16.6. The molecule has 5 nitrogen and oxygen atoms in total. The smallest absolute Gasteiger partial charge is 0.315 e. The van der Waals surface area contributed by atoms with Gasteiger partial charge in [-0.15, -0.1) is 0 Å². The summed E-state index contributed by atoms with van der Waals surface area (Å²) in [6, 6.07) is 10.3. The number of hydrogen-bond donors (Lipinski definition) is 2. The summed E-state index contributed by atoms with van der Waals surface area (Å²) in [7, 11) is 0. The number of aromatic nitrogens is 2. The lowest BCUT2D eigenvalue weighted by Gasteiger charge is -2.21. The summed E-state index contributed by atoms with van der Waals surface area (Å²) in [5, 5.41) is 6.18. The Morgan fingerprint density at radius 1 is 1.20 bits per heavy atom. The molecule has 1 fully saturated rings. The Labute approximate surface area is 172 Å². The molecule has 0 radical (unpaired) electrons. The third kappa shape index (κ3) is 4.05. The third-order valence-electron chi connectivity index (χ3n) is 5.48. The highest BCUT2D eigenvalue weighted by Gasteiger charge is 2.31. The summed E-state index contributed by atoms with van der Waals surface area (Å²) in [4.78, 5) is 17.4. The lowest BCUT2D eigenvalue weighted by atomic mass is 10.1. The highest BCUT2D eigenvalue weighted by atomic mass is 19.4. The van der Waals surface area contributed by atoms with E-state index in [1.54, 1.807) is 0 Å². The third-order valence-corrected chi connectivity index (χ3v) is 5.48. The molecule has 1 unspecified atom stereocenters. The SMILES string of the molecule is Cc1cccc2nc(NC(=O)c3cccc(C(F)(F)F)c3)n(C3CCCCNC3)c12. The van der Waals surface area contributed by atoms with Crippen molar-refractivity contribution in [1.29, 1.82) is 0 Å². The molecule has 30 heavy (non-hydrogen) atoms. The first-order valence-corrected chi connectivity index (χ1v) is 10.0. The van der Waals surface area contributed by atoms with Gasteiger partial charge in [0.1, 0.15) is 0 Å². The molecule has 4 rings (SSSR count). The number of benzene rings is 2. The molecule has 2 N–H and O–H groups in total. The Bertz CT molecular complexity index is 1070. The molecule has 2 aromatic carbocycles. The van der Waals surface area contributed by atoms with Gasteiger partial charge < -0.3 is 9.88 Å². The van der Waals surface area contributed by atoms with Gasteiger partial charge in [0.15, 0.2) is 0 Å². The Balaban J connectivity index is 1.73. The fraction of sp³-hybridized carbons (Fsp3) is 0.364. The molecule has 0 bridgehead atoms. The van der Waals surface area contributed by atoms with Crippen molar-refractivity contribution in [3.05, 3.63) is 59.2 Å². The van der Waals surface area contributed by atoms with Crippen molar-refractivity contribution in [3.8, 4) is 0 Å². The van der Waals surface area contributed by atoms with E-state index in [4.69, 9.17) is 0 Å². The van der Waals surface area contributed by atoms with Crippen molar-refractivity contribution < 1.29 is 18.0 Å². The van der Waals surface area contributed by atoms with Crippen molar-refractivity contribution in [2.45, 2.75) is 38.4 Å². The Hall–Kier alpha value is -2.87. The molecule has 0 aliphatic carbocycles. The standard InChI is InChI=1S/C22H23F3N4O/c1-14-6-4-10-18-19(14)29(17-9-2-3-11-26-13-17)21(27-18)28-20(30)15-7-5-8-16(12-15)22(23,24)25/h4-8,10,12,17,26H,2-3,9,11,13H2,1H3,(H,27,28,30). The molecule has 1 aromatic heterocycles. The van der Waals surface area contributed by atoms with Crippen molar-refractivity contribution in [1.82, 2.24) is 14.9 Å². The molecular weight excluding hydrogens is 393 g/mol. The number of amides is 1. The number of aryl methyl sites for hydroxylation is 1. The first kappa shape index (κ1) is 20.4. The monoisotopic (exact) mass is 416 g/mol. The van der Waals surface area contributed by atoms with Gasteiger partial charge >= 0.3 is 6.18 Å². The van der Waals surface area contributed by atoms with Gasteiger partial charge in [0.05, 0.1) is 16.6 Å². The van der Waals surface area contributed by atoms with Crippen molar-refractivity contribution in [3.63, 3.8) is 0 Å². The molecule has 0 saturated carbocycles. The fourth-order valence-corrected chi connectivity index (χ4v) is 4.00. The van der Waals surface area contributed by atoms with Crippen LogP contribution in [0.4, 0.5) is 19.1 Å². The summed E-state index contributed by atoms with van der Waals surface area (Å²) in [6.07, 6.45) is -1.45. The zero-order chi connectivity index (χ0) is 21.3. The van der Waals surface area contributed by atoms with E-state index < -0.39 is 17.6 Å². The maximum atomic E-state index is 13.0. The number of imidazole rings is 1. The lowest BCUT2D eigenvalue weighted by Crippen LogP contribution is -2.25. The van der Waals surface area contributed by atoms with E-state index in [1.807, 2.05) is 29.7 Å². The molecular formula is C22H23F3N4O. The molecule has 158 valence electrons. The Kier molecular flexibility index (Phi) is 5.51. The van der Waals surface area contributed by atoms with Crippen LogP contribution < -0.4 is 10.6 Å². The van der Waals surface area contributed by atoms with Crippen molar-refractivity contribution in [2.75, 3.05) is 18.4 Å². The van der Waals surface area contributed by atoms with Gasteiger partial charge in [-0.2, -0.15) is 13.2 Å². The molecule has 0 spiro atoms. The number of nitrogens with one attached hydrogen (secondary N) is 2. The average Bonchev–Trinajstić information content (AvgIpc) is 2.88. The second-order valence-electron chi connectivity index (χ2n) is 7.63. The summed E-state index contributed by atoms with van der Waals surface area (Å²) >= 11 is 0. The van der Waals surface area contributed by atoms with Gasteiger partial charge in [-0.05, 0) is 56.1 Å². The first-order chi connectivity index (χ1) is 14.3. The molecule has 3 aromatic rings. The number of halogens is 3. The quantitative estimate of drug-likeness (QED) is 0.637. The molecule has 2 heterocycles. The normalized spacial score (nSPS) is 17.7. The fourth-order valence-electron chi connectivity index (χ4n) is 4.00. The van der Waals surface area contributed by atoms with Crippen LogP contribution in [0.2, 0.25) is 0 Å². The predicted molar refractivity (Wildman–Crippen MR) is 110 cm³/mol. The van der Waals surface area contributed by atoms with Crippen LogP contribution in [0.3, 0.4) is 0 Å². The second kappa shape index (κ2) is 8.10. The number of alkyl halides is 3. The molecule has 8 heteroatoms. The number of anilines is 1. The maximum absolute atomic E-state index is 13.0. The van der Waals surface area contributed by atoms with Crippen LogP contribution in [0.25, 0.3) is 11.0 Å². The number of carbonyl (C=O) groups excluding carboxylic acids is 1. The average molecular weight is 416 g/mol. The zero-order valence-electron chi connectivity index (χ0n) is 16.6. The minimum atomic E-state index is -4.51. The van der Waals surface area contributed by atoms with Crippen LogP contribution in [0.5, 0.6) is 0 Å². The van der Waals surface area contributed by atoms with Crippen LogP contribution in [-0.2, 0) is 6.18 Å². The maximum Gasteiger partial charge on any atom is 0.416 e. The van der Waals surface area contributed by atoms with Gasteiger partial charge in [0, 0.05) is 18.2 Å². The number of para-hydroxylation sites is 1. The highest BCUT2D eigenvalue weighted by molar-refractivity contribution is 6.04. The van der Waals surface area contributed by atoms with E-state index in [2.05, 4.69) is 15.6 Å². The number of nitrogens with zero attached hydrogens (tertiary/aromatic N) is 2. The Morgan fingerprint density at radius 2 is 2.00 bits per heavy atom. The van der Waals surface area contributed by atoms with Crippen LogP contribution in [0.1, 0.15) is 46.8 Å². The number of rotatable bonds is 3. The molecule has 1 saturated heterocycles. The summed E-state index contributed by atoms with van der Waals surface area (Å²) in [5.41, 5.74) is 1.81. The topological polar surface area (TPSA) is 59.0 Å². The van der Waals surface area contributed by atoms with E-state index in [-0.39, 0.29) is 11.6 Å². The minimum absolute atomic E-state index is 0.0563. The summed E-state index contributed by atoms with van der Waals surface area (Å²) < 4.78 is 41.1. The van der Waals surface area contributed by atoms with Gasteiger partial charge in [0.2, 0.25) is 5.95 Å². The molecule has 1 aliphatic rings. The van der Waals surface area contributed by atoms with Crippen molar-refractivity contribution >= 4 is 22.9 Å². The molecule has 1 aliphatic heterocycles.